The third-order valence-corrected chi connectivity index (χ3v) is 4.67. The first-order chi connectivity index (χ1) is 13.2. The predicted molar refractivity (Wildman–Crippen MR) is 95.9 cm³/mol. The highest BCUT2D eigenvalue weighted by Gasteiger charge is 2.28. The van der Waals surface area contributed by atoms with Crippen molar-refractivity contribution in [2.45, 2.75) is 13.1 Å². The molecule has 3 aromatic rings. The Morgan fingerprint density at radius 3 is 2.75 bits per heavy atom. The predicted octanol–water partition coefficient (Wildman–Crippen LogP) is 2.84. The zero-order valence-corrected chi connectivity index (χ0v) is 15.6. The molecule has 0 fully saturated rings. The summed E-state index contributed by atoms with van der Waals surface area (Å²) in [5.41, 5.74) is 1.66. The van der Waals surface area contributed by atoms with E-state index in [2.05, 4.69) is 10.1 Å². The molecule has 1 N–H and O–H groups in total. The molecule has 0 bridgehead atoms. The smallest absolute Gasteiger partial charge is 0.405 e. The number of aromatic nitrogens is 3. The fourth-order valence-corrected chi connectivity index (χ4v) is 3.30. The number of nitrogens with one attached hydrogen (secondary N) is 1. The number of pyridine rings is 1. The molecule has 11 heteroatoms. The van der Waals surface area contributed by atoms with Crippen LogP contribution >= 0.6 is 11.3 Å². The highest BCUT2D eigenvalue weighted by molar-refractivity contribution is 7.13. The van der Waals surface area contributed by atoms with Gasteiger partial charge in [0.15, 0.2) is 12.3 Å². The Bertz CT molecular complexity index is 1030. The summed E-state index contributed by atoms with van der Waals surface area (Å²) in [6, 6.07) is 5.20. The molecule has 0 saturated carbocycles. The highest BCUT2D eigenvalue weighted by Crippen LogP contribution is 2.29. The number of aryl methyl sites for hydroxylation is 2. The van der Waals surface area contributed by atoms with Crippen LogP contribution in [0.3, 0.4) is 0 Å². The van der Waals surface area contributed by atoms with Gasteiger partial charge in [-0.25, -0.2) is 9.78 Å². The van der Waals surface area contributed by atoms with Gasteiger partial charge in [-0.3, -0.25) is 9.48 Å². The molecule has 0 aliphatic rings. The standard InChI is InChI=1S/C17H15F3N4O3S/c1-9-14-10(16(26)27-7-13(25)21-8-17(18,19)20)6-11(12-4-3-5-28-12)22-15(14)24(2)23-9/h3-6H,7-8H2,1-2H3,(H,21,25). The van der Waals surface area contributed by atoms with Crippen molar-refractivity contribution in [3.8, 4) is 10.6 Å². The number of hydrogen-bond acceptors (Lipinski definition) is 6. The first-order valence-corrected chi connectivity index (χ1v) is 8.92. The van der Waals surface area contributed by atoms with Gasteiger partial charge in [0.05, 0.1) is 27.2 Å². The molecule has 3 heterocycles. The normalized spacial score (nSPS) is 11.6. The lowest BCUT2D eigenvalue weighted by atomic mass is 10.1. The molecule has 0 aromatic carbocycles. The summed E-state index contributed by atoms with van der Waals surface area (Å²) in [6.07, 6.45) is -4.54. The molecule has 0 spiro atoms. The summed E-state index contributed by atoms with van der Waals surface area (Å²) >= 11 is 1.43. The van der Waals surface area contributed by atoms with Crippen LogP contribution in [-0.2, 0) is 16.6 Å². The lowest BCUT2D eigenvalue weighted by Gasteiger charge is -2.10. The minimum absolute atomic E-state index is 0.141. The Morgan fingerprint density at radius 2 is 2.11 bits per heavy atom. The van der Waals surface area contributed by atoms with Gasteiger partial charge in [0.1, 0.15) is 6.54 Å². The van der Waals surface area contributed by atoms with Gasteiger partial charge in [-0.1, -0.05) is 6.07 Å². The van der Waals surface area contributed by atoms with Crippen LogP contribution in [0, 0.1) is 6.92 Å². The molecule has 0 saturated heterocycles. The first-order valence-electron chi connectivity index (χ1n) is 8.04. The van der Waals surface area contributed by atoms with Crippen molar-refractivity contribution in [2.24, 2.45) is 7.05 Å². The number of alkyl halides is 3. The third-order valence-electron chi connectivity index (χ3n) is 3.78. The Labute approximate surface area is 161 Å². The number of carbonyl (C=O) groups excluding carboxylic acids is 2. The van der Waals surface area contributed by atoms with Crippen LogP contribution < -0.4 is 5.32 Å². The van der Waals surface area contributed by atoms with E-state index in [1.54, 1.807) is 19.3 Å². The summed E-state index contributed by atoms with van der Waals surface area (Å²) in [6.45, 7) is -0.624. The van der Waals surface area contributed by atoms with E-state index in [0.717, 1.165) is 4.88 Å². The van der Waals surface area contributed by atoms with Crippen LogP contribution in [0.2, 0.25) is 0 Å². The van der Waals surface area contributed by atoms with Gasteiger partial charge in [-0.05, 0) is 24.4 Å². The minimum atomic E-state index is -4.54. The summed E-state index contributed by atoms with van der Waals surface area (Å²) in [4.78, 5) is 29.4. The third kappa shape index (κ3) is 4.30. The van der Waals surface area contributed by atoms with Crippen molar-refractivity contribution in [3.63, 3.8) is 0 Å². The van der Waals surface area contributed by atoms with E-state index in [1.165, 1.54) is 22.1 Å². The largest absolute Gasteiger partial charge is 0.452 e. The second kappa shape index (κ2) is 7.58. The average molecular weight is 412 g/mol. The van der Waals surface area contributed by atoms with E-state index in [1.807, 2.05) is 17.5 Å². The van der Waals surface area contributed by atoms with Crippen LogP contribution in [0.4, 0.5) is 13.2 Å². The Morgan fingerprint density at radius 1 is 1.36 bits per heavy atom. The Balaban J connectivity index is 1.87. The first kappa shape index (κ1) is 19.8. The van der Waals surface area contributed by atoms with Gasteiger partial charge in [-0.2, -0.15) is 18.3 Å². The van der Waals surface area contributed by atoms with Gasteiger partial charge < -0.3 is 10.1 Å². The molecule has 0 radical (unpaired) electrons. The van der Waals surface area contributed by atoms with E-state index in [4.69, 9.17) is 4.74 Å². The van der Waals surface area contributed by atoms with Crippen LogP contribution in [0.5, 0.6) is 0 Å². The maximum atomic E-state index is 12.6. The molecule has 3 rings (SSSR count). The van der Waals surface area contributed by atoms with E-state index >= 15 is 0 Å². The van der Waals surface area contributed by atoms with E-state index in [-0.39, 0.29) is 5.56 Å². The van der Waals surface area contributed by atoms with Crippen molar-refractivity contribution in [2.75, 3.05) is 13.2 Å². The van der Waals surface area contributed by atoms with Gasteiger partial charge in [-0.15, -0.1) is 11.3 Å². The second-order valence-electron chi connectivity index (χ2n) is 5.91. The van der Waals surface area contributed by atoms with Crippen LogP contribution in [0.1, 0.15) is 16.1 Å². The highest BCUT2D eigenvalue weighted by atomic mass is 32.1. The number of carbonyl (C=O) groups is 2. The van der Waals surface area contributed by atoms with Gasteiger partial charge >= 0.3 is 12.1 Å². The molecule has 1 amide bonds. The quantitative estimate of drug-likeness (QED) is 0.652. The lowest BCUT2D eigenvalue weighted by molar-refractivity contribution is -0.140. The number of esters is 1. The molecule has 28 heavy (non-hydrogen) atoms. The summed E-state index contributed by atoms with van der Waals surface area (Å²) in [7, 11) is 1.68. The number of amides is 1. The molecule has 7 nitrogen and oxygen atoms in total. The molecule has 0 aliphatic carbocycles. The van der Waals surface area contributed by atoms with E-state index in [9.17, 15) is 22.8 Å². The van der Waals surface area contributed by atoms with Gasteiger partial charge in [0, 0.05) is 7.05 Å². The van der Waals surface area contributed by atoms with Gasteiger partial charge in [0.25, 0.3) is 5.91 Å². The molecular formula is C17H15F3N4O3S. The molecule has 0 aliphatic heterocycles. The van der Waals surface area contributed by atoms with E-state index in [0.29, 0.717) is 22.4 Å². The summed E-state index contributed by atoms with van der Waals surface area (Å²) < 4.78 is 42.9. The van der Waals surface area contributed by atoms with Crippen molar-refractivity contribution in [1.29, 1.82) is 0 Å². The number of thiophene rings is 1. The maximum absolute atomic E-state index is 12.6. The number of ether oxygens (including phenoxy) is 1. The SMILES string of the molecule is Cc1nn(C)c2nc(-c3cccs3)cc(C(=O)OCC(=O)NCC(F)(F)F)c12. The second-order valence-corrected chi connectivity index (χ2v) is 6.86. The monoisotopic (exact) mass is 412 g/mol. The molecule has 3 aromatic heterocycles. The van der Waals surface area contributed by atoms with Crippen molar-refractivity contribution < 1.29 is 27.5 Å². The number of rotatable bonds is 5. The number of halogens is 3. The van der Waals surface area contributed by atoms with Gasteiger partial charge in [0.2, 0.25) is 0 Å². The Kier molecular flexibility index (Phi) is 5.36. The van der Waals surface area contributed by atoms with Crippen LogP contribution in [0.15, 0.2) is 23.6 Å². The van der Waals surface area contributed by atoms with Crippen LogP contribution in [0.25, 0.3) is 21.6 Å². The van der Waals surface area contributed by atoms with E-state index < -0.39 is 31.2 Å². The molecule has 148 valence electrons. The van der Waals surface area contributed by atoms with Crippen molar-refractivity contribution >= 4 is 34.2 Å². The van der Waals surface area contributed by atoms with Crippen LogP contribution in [-0.4, -0.2) is 46.0 Å². The fourth-order valence-electron chi connectivity index (χ4n) is 2.62. The topological polar surface area (TPSA) is 86.1 Å². The zero-order valence-electron chi connectivity index (χ0n) is 14.8. The molecular weight excluding hydrogens is 397 g/mol. The Hall–Kier alpha value is -2.95. The summed E-state index contributed by atoms with van der Waals surface area (Å²) in [5, 5.41) is 8.22. The lowest BCUT2D eigenvalue weighted by Crippen LogP contribution is -2.36. The fraction of sp³-hybridized carbons (Fsp3) is 0.294. The molecule has 0 atom stereocenters. The number of hydrogen-bond donors (Lipinski definition) is 1. The van der Waals surface area contributed by atoms with Crippen molar-refractivity contribution in [1.82, 2.24) is 20.1 Å². The minimum Gasteiger partial charge on any atom is -0.452 e. The summed E-state index contributed by atoms with van der Waals surface area (Å²) in [5.74, 6) is -1.89. The molecule has 0 unspecified atom stereocenters. The average Bonchev–Trinajstić information content (AvgIpc) is 3.25. The zero-order chi connectivity index (χ0) is 20.5. The number of nitrogens with zero attached hydrogens (tertiary/aromatic N) is 3. The maximum Gasteiger partial charge on any atom is 0.405 e. The number of fused-ring (bicyclic) bond motifs is 1. The van der Waals surface area contributed by atoms with Crippen molar-refractivity contribution in [3.05, 3.63) is 34.8 Å².